The molecule has 1 aliphatic heterocycles. The molecule has 0 aliphatic carbocycles. The zero-order valence-corrected chi connectivity index (χ0v) is 9.66. The monoisotopic (exact) mass is 245 g/mol. The summed E-state index contributed by atoms with van der Waals surface area (Å²) in [6.45, 7) is 2.70. The average Bonchev–Trinajstić information content (AvgIpc) is 2.81. The minimum absolute atomic E-state index is 0.267. The summed E-state index contributed by atoms with van der Waals surface area (Å²) in [6, 6.07) is 1.74. The first-order valence-electron chi connectivity index (χ1n) is 5.15. The van der Waals surface area contributed by atoms with E-state index in [9.17, 15) is 8.42 Å². The number of piperazine rings is 1. The van der Waals surface area contributed by atoms with E-state index in [4.69, 9.17) is 4.42 Å². The second kappa shape index (κ2) is 4.96. The lowest BCUT2D eigenvalue weighted by Crippen LogP contribution is -2.50. The molecule has 0 radical (unpaired) electrons. The third-order valence-corrected chi connectivity index (χ3v) is 4.01. The van der Waals surface area contributed by atoms with Crippen molar-refractivity contribution in [2.24, 2.45) is 0 Å². The van der Waals surface area contributed by atoms with E-state index in [2.05, 4.69) is 10.0 Å². The van der Waals surface area contributed by atoms with Gasteiger partial charge in [-0.1, -0.05) is 0 Å². The lowest BCUT2D eigenvalue weighted by Gasteiger charge is -2.26. The van der Waals surface area contributed by atoms with Gasteiger partial charge in [0.1, 0.15) is 0 Å². The van der Waals surface area contributed by atoms with Crippen LogP contribution < -0.4 is 10.0 Å². The molecule has 0 amide bonds. The van der Waals surface area contributed by atoms with Gasteiger partial charge in [-0.15, -0.1) is 0 Å². The second-order valence-corrected chi connectivity index (χ2v) is 5.36. The fourth-order valence-corrected chi connectivity index (χ4v) is 2.74. The van der Waals surface area contributed by atoms with E-state index in [1.807, 2.05) is 0 Å². The van der Waals surface area contributed by atoms with Crippen molar-refractivity contribution in [3.8, 4) is 0 Å². The van der Waals surface area contributed by atoms with Gasteiger partial charge in [0.2, 0.25) is 0 Å². The number of hydrogen-bond donors (Lipinski definition) is 2. The standard InChI is InChI=1S/C9H15N3O3S/c13-16(14,12-4-2-10-3-5-12)11-7-9-1-6-15-8-9/h1,6,8,10-11H,2-5,7H2. The van der Waals surface area contributed by atoms with Gasteiger partial charge >= 0.3 is 0 Å². The Bertz CT molecular complexity index is 409. The summed E-state index contributed by atoms with van der Waals surface area (Å²) in [5.41, 5.74) is 0.818. The van der Waals surface area contributed by atoms with E-state index < -0.39 is 10.2 Å². The van der Waals surface area contributed by atoms with Gasteiger partial charge in [-0.3, -0.25) is 0 Å². The van der Waals surface area contributed by atoms with Crippen LogP contribution in [0.15, 0.2) is 23.0 Å². The number of hydrogen-bond acceptors (Lipinski definition) is 4. The number of rotatable bonds is 4. The summed E-state index contributed by atoms with van der Waals surface area (Å²) in [7, 11) is -3.36. The fraction of sp³-hybridized carbons (Fsp3) is 0.556. The molecule has 0 saturated carbocycles. The van der Waals surface area contributed by atoms with Crippen LogP contribution >= 0.6 is 0 Å². The molecule has 16 heavy (non-hydrogen) atoms. The van der Waals surface area contributed by atoms with Gasteiger partial charge in [0.05, 0.1) is 12.5 Å². The maximum Gasteiger partial charge on any atom is 0.279 e. The molecule has 1 saturated heterocycles. The van der Waals surface area contributed by atoms with E-state index in [1.54, 1.807) is 6.07 Å². The number of nitrogens with one attached hydrogen (secondary N) is 2. The minimum atomic E-state index is -3.36. The van der Waals surface area contributed by atoms with Gasteiger partial charge < -0.3 is 9.73 Å². The molecular weight excluding hydrogens is 230 g/mol. The molecule has 1 aromatic heterocycles. The van der Waals surface area contributed by atoms with Crippen LogP contribution in [0.5, 0.6) is 0 Å². The summed E-state index contributed by atoms with van der Waals surface area (Å²) in [6.07, 6.45) is 3.05. The lowest BCUT2D eigenvalue weighted by molar-refractivity contribution is 0.354. The molecule has 0 spiro atoms. The zero-order valence-electron chi connectivity index (χ0n) is 8.85. The molecule has 1 fully saturated rings. The third-order valence-electron chi connectivity index (χ3n) is 2.45. The Morgan fingerprint density at radius 2 is 2.19 bits per heavy atom. The predicted molar refractivity (Wildman–Crippen MR) is 58.9 cm³/mol. The van der Waals surface area contributed by atoms with Crippen LogP contribution in [-0.2, 0) is 16.8 Å². The summed E-state index contributed by atoms with van der Waals surface area (Å²) >= 11 is 0. The average molecular weight is 245 g/mol. The van der Waals surface area contributed by atoms with Crippen LogP contribution in [0.25, 0.3) is 0 Å². The van der Waals surface area contributed by atoms with E-state index >= 15 is 0 Å². The van der Waals surface area contributed by atoms with Crippen molar-refractivity contribution in [3.05, 3.63) is 24.2 Å². The van der Waals surface area contributed by atoms with Crippen LogP contribution in [-0.4, -0.2) is 38.9 Å². The molecule has 2 N–H and O–H groups in total. The highest BCUT2D eigenvalue weighted by atomic mass is 32.2. The number of furan rings is 1. The van der Waals surface area contributed by atoms with E-state index in [0.29, 0.717) is 26.2 Å². The van der Waals surface area contributed by atoms with Gasteiger partial charge in [-0.05, 0) is 6.07 Å². The third kappa shape index (κ3) is 2.82. The molecule has 0 bridgehead atoms. The molecule has 1 aliphatic rings. The lowest BCUT2D eigenvalue weighted by atomic mass is 10.4. The topological polar surface area (TPSA) is 74.6 Å². The highest BCUT2D eigenvalue weighted by Gasteiger charge is 2.22. The normalized spacial score (nSPS) is 18.8. The molecule has 1 aromatic rings. The van der Waals surface area contributed by atoms with Gasteiger partial charge in [0, 0.05) is 38.3 Å². The summed E-state index contributed by atoms with van der Waals surface area (Å²) < 4.78 is 32.5. The zero-order chi connectivity index (χ0) is 11.4. The molecule has 7 heteroatoms. The molecular formula is C9H15N3O3S. The maximum absolute atomic E-state index is 11.8. The van der Waals surface area contributed by atoms with Crippen molar-refractivity contribution < 1.29 is 12.8 Å². The van der Waals surface area contributed by atoms with Crippen molar-refractivity contribution in [1.29, 1.82) is 0 Å². The van der Waals surface area contributed by atoms with Crippen molar-refractivity contribution >= 4 is 10.2 Å². The van der Waals surface area contributed by atoms with Crippen LogP contribution in [0.4, 0.5) is 0 Å². The van der Waals surface area contributed by atoms with Crippen LogP contribution in [0.2, 0.25) is 0 Å². The Hall–Kier alpha value is -0.890. The first-order valence-corrected chi connectivity index (χ1v) is 6.59. The van der Waals surface area contributed by atoms with Crippen LogP contribution in [0.3, 0.4) is 0 Å². The SMILES string of the molecule is O=S(=O)(NCc1ccoc1)N1CCNCC1. The Kier molecular flexibility index (Phi) is 3.59. The largest absolute Gasteiger partial charge is 0.472 e. The quantitative estimate of drug-likeness (QED) is 0.751. The molecule has 0 atom stereocenters. The van der Waals surface area contributed by atoms with Gasteiger partial charge in [-0.2, -0.15) is 17.4 Å². The first kappa shape index (κ1) is 11.6. The molecule has 2 rings (SSSR count). The van der Waals surface area contributed by atoms with Crippen molar-refractivity contribution in [3.63, 3.8) is 0 Å². The molecule has 6 nitrogen and oxygen atoms in total. The number of nitrogens with zero attached hydrogens (tertiary/aromatic N) is 1. The second-order valence-electron chi connectivity index (χ2n) is 3.61. The highest BCUT2D eigenvalue weighted by Crippen LogP contribution is 2.03. The smallest absolute Gasteiger partial charge is 0.279 e. The summed E-state index contributed by atoms with van der Waals surface area (Å²) in [5, 5.41) is 3.11. The first-order chi connectivity index (χ1) is 7.68. The minimum Gasteiger partial charge on any atom is -0.472 e. The van der Waals surface area contributed by atoms with E-state index in [-0.39, 0.29) is 6.54 Å². The van der Waals surface area contributed by atoms with Crippen molar-refractivity contribution in [2.75, 3.05) is 26.2 Å². The molecule has 2 heterocycles. The molecule has 0 unspecified atom stereocenters. The van der Waals surface area contributed by atoms with E-state index in [0.717, 1.165) is 5.56 Å². The van der Waals surface area contributed by atoms with Crippen LogP contribution in [0.1, 0.15) is 5.56 Å². The maximum atomic E-state index is 11.8. The molecule has 0 aromatic carbocycles. The fourth-order valence-electron chi connectivity index (χ4n) is 1.54. The Balaban J connectivity index is 1.91. The predicted octanol–water partition coefficient (Wildman–Crippen LogP) is -0.481. The van der Waals surface area contributed by atoms with E-state index in [1.165, 1.54) is 16.8 Å². The van der Waals surface area contributed by atoms with Crippen molar-refractivity contribution in [2.45, 2.75) is 6.54 Å². The highest BCUT2D eigenvalue weighted by molar-refractivity contribution is 7.87. The van der Waals surface area contributed by atoms with Gasteiger partial charge in [0.25, 0.3) is 10.2 Å². The van der Waals surface area contributed by atoms with Crippen molar-refractivity contribution in [1.82, 2.24) is 14.3 Å². The summed E-state index contributed by atoms with van der Waals surface area (Å²) in [4.78, 5) is 0. The molecule has 90 valence electrons. The van der Waals surface area contributed by atoms with Gasteiger partial charge in [-0.25, -0.2) is 0 Å². The Morgan fingerprint density at radius 1 is 1.44 bits per heavy atom. The van der Waals surface area contributed by atoms with Crippen LogP contribution in [0, 0.1) is 0 Å². The Labute approximate surface area is 94.8 Å². The Morgan fingerprint density at radius 3 is 2.81 bits per heavy atom. The summed E-state index contributed by atoms with van der Waals surface area (Å²) in [5.74, 6) is 0. The van der Waals surface area contributed by atoms with Gasteiger partial charge in [0.15, 0.2) is 0 Å².